The average molecular weight is 335 g/mol. The van der Waals surface area contributed by atoms with Gasteiger partial charge in [-0.05, 0) is 19.9 Å². The van der Waals surface area contributed by atoms with Gasteiger partial charge in [-0.25, -0.2) is 0 Å². The number of amides is 2. The SMILES string of the molecule is Cc1nn(C)c2sc(C(=O)NC(C)C(=O)N3CCNCC3)cc12. The number of carbonyl (C=O) groups is 2. The monoisotopic (exact) mass is 335 g/mol. The second-order valence-corrected chi connectivity index (χ2v) is 6.84. The van der Waals surface area contributed by atoms with Gasteiger partial charge in [0.1, 0.15) is 10.9 Å². The highest BCUT2D eigenvalue weighted by molar-refractivity contribution is 7.20. The third-order valence-corrected chi connectivity index (χ3v) is 5.27. The zero-order chi connectivity index (χ0) is 16.6. The first-order valence-electron chi connectivity index (χ1n) is 7.71. The van der Waals surface area contributed by atoms with Gasteiger partial charge in [0, 0.05) is 38.6 Å². The lowest BCUT2D eigenvalue weighted by Gasteiger charge is -2.29. The van der Waals surface area contributed by atoms with E-state index < -0.39 is 6.04 Å². The van der Waals surface area contributed by atoms with Crippen molar-refractivity contribution < 1.29 is 9.59 Å². The maximum absolute atomic E-state index is 12.4. The summed E-state index contributed by atoms with van der Waals surface area (Å²) in [5.74, 6) is -0.236. The predicted molar refractivity (Wildman–Crippen MR) is 89.7 cm³/mol. The smallest absolute Gasteiger partial charge is 0.262 e. The Kier molecular flexibility index (Phi) is 4.36. The van der Waals surface area contributed by atoms with E-state index >= 15 is 0 Å². The van der Waals surface area contributed by atoms with E-state index in [1.165, 1.54) is 11.3 Å². The van der Waals surface area contributed by atoms with E-state index in [1.807, 2.05) is 20.0 Å². The van der Waals surface area contributed by atoms with Crippen LogP contribution in [0.25, 0.3) is 10.2 Å². The molecule has 3 heterocycles. The normalized spacial score (nSPS) is 16.6. The number of nitrogens with zero attached hydrogens (tertiary/aromatic N) is 3. The molecule has 0 radical (unpaired) electrons. The van der Waals surface area contributed by atoms with Crippen molar-refractivity contribution in [2.24, 2.45) is 7.05 Å². The minimum Gasteiger partial charge on any atom is -0.340 e. The first-order chi connectivity index (χ1) is 11.0. The first kappa shape index (κ1) is 15.9. The molecule has 0 saturated carbocycles. The van der Waals surface area contributed by atoms with Gasteiger partial charge in [0.25, 0.3) is 5.91 Å². The van der Waals surface area contributed by atoms with Crippen molar-refractivity contribution in [3.63, 3.8) is 0 Å². The molecular weight excluding hydrogens is 314 g/mol. The van der Waals surface area contributed by atoms with Crippen LogP contribution in [0.1, 0.15) is 22.3 Å². The molecule has 0 aliphatic carbocycles. The van der Waals surface area contributed by atoms with E-state index in [0.717, 1.165) is 29.0 Å². The fourth-order valence-electron chi connectivity index (χ4n) is 2.81. The highest BCUT2D eigenvalue weighted by Gasteiger charge is 2.24. The highest BCUT2D eigenvalue weighted by atomic mass is 32.1. The van der Waals surface area contributed by atoms with Crippen molar-refractivity contribution in [3.05, 3.63) is 16.6 Å². The van der Waals surface area contributed by atoms with Crippen LogP contribution in [0.4, 0.5) is 0 Å². The summed E-state index contributed by atoms with van der Waals surface area (Å²) in [7, 11) is 1.87. The lowest BCUT2D eigenvalue weighted by molar-refractivity contribution is -0.133. The largest absolute Gasteiger partial charge is 0.340 e. The van der Waals surface area contributed by atoms with Gasteiger partial charge in [-0.15, -0.1) is 11.3 Å². The third-order valence-electron chi connectivity index (χ3n) is 4.07. The van der Waals surface area contributed by atoms with Crippen molar-refractivity contribution in [1.29, 1.82) is 0 Å². The van der Waals surface area contributed by atoms with Gasteiger partial charge in [-0.2, -0.15) is 5.10 Å². The number of rotatable bonds is 3. The molecule has 1 fully saturated rings. The second kappa shape index (κ2) is 6.29. The Hall–Kier alpha value is -1.93. The van der Waals surface area contributed by atoms with Crippen LogP contribution in [0.2, 0.25) is 0 Å². The Labute approximate surface area is 138 Å². The summed E-state index contributed by atoms with van der Waals surface area (Å²) in [5.41, 5.74) is 0.905. The summed E-state index contributed by atoms with van der Waals surface area (Å²) in [6.45, 7) is 6.64. The standard InChI is InChI=1S/C15H21N5O2S/c1-9-11-8-12(23-15(11)19(3)18-9)13(21)17-10(2)14(22)20-6-4-16-5-7-20/h8,10,16H,4-7H2,1-3H3,(H,17,21). The van der Waals surface area contributed by atoms with Gasteiger partial charge in [0.15, 0.2) is 0 Å². The van der Waals surface area contributed by atoms with Crippen LogP contribution in [-0.4, -0.2) is 58.7 Å². The molecule has 2 amide bonds. The van der Waals surface area contributed by atoms with Crippen LogP contribution in [0.5, 0.6) is 0 Å². The molecule has 124 valence electrons. The predicted octanol–water partition coefficient (Wildman–Crippen LogP) is 0.493. The Morgan fingerprint density at radius 1 is 1.39 bits per heavy atom. The van der Waals surface area contributed by atoms with Crippen molar-refractivity contribution in [2.75, 3.05) is 26.2 Å². The first-order valence-corrected chi connectivity index (χ1v) is 8.52. The summed E-state index contributed by atoms with van der Waals surface area (Å²) in [6.07, 6.45) is 0. The van der Waals surface area contributed by atoms with E-state index in [-0.39, 0.29) is 11.8 Å². The summed E-state index contributed by atoms with van der Waals surface area (Å²) in [6, 6.07) is 1.32. The number of nitrogens with one attached hydrogen (secondary N) is 2. The summed E-state index contributed by atoms with van der Waals surface area (Å²) in [4.78, 5) is 28.2. The van der Waals surface area contributed by atoms with Gasteiger partial charge in [0.2, 0.25) is 5.91 Å². The quantitative estimate of drug-likeness (QED) is 0.856. The average Bonchev–Trinajstić information content (AvgIpc) is 3.09. The van der Waals surface area contributed by atoms with Gasteiger partial charge in [-0.1, -0.05) is 0 Å². The van der Waals surface area contributed by atoms with Crippen molar-refractivity contribution >= 4 is 33.4 Å². The van der Waals surface area contributed by atoms with Gasteiger partial charge in [0.05, 0.1) is 10.6 Å². The van der Waals surface area contributed by atoms with Crippen LogP contribution in [-0.2, 0) is 11.8 Å². The maximum Gasteiger partial charge on any atom is 0.262 e. The fraction of sp³-hybridized carbons (Fsp3) is 0.533. The molecular formula is C15H21N5O2S. The van der Waals surface area contributed by atoms with Gasteiger partial charge >= 0.3 is 0 Å². The molecule has 23 heavy (non-hydrogen) atoms. The minimum atomic E-state index is -0.523. The topological polar surface area (TPSA) is 79.3 Å². The number of carbonyl (C=O) groups excluding carboxylic acids is 2. The Balaban J connectivity index is 1.69. The molecule has 3 rings (SSSR count). The van der Waals surface area contributed by atoms with Crippen LogP contribution in [0.3, 0.4) is 0 Å². The maximum atomic E-state index is 12.4. The van der Waals surface area contributed by atoms with E-state index in [1.54, 1.807) is 16.5 Å². The molecule has 2 N–H and O–H groups in total. The van der Waals surface area contributed by atoms with Gasteiger partial charge in [-0.3, -0.25) is 14.3 Å². The number of hydrogen-bond donors (Lipinski definition) is 2. The molecule has 8 heteroatoms. The summed E-state index contributed by atoms with van der Waals surface area (Å²) >= 11 is 1.40. The number of fused-ring (bicyclic) bond motifs is 1. The number of thiophene rings is 1. The molecule has 1 saturated heterocycles. The molecule has 2 aromatic rings. The number of aromatic nitrogens is 2. The number of piperazine rings is 1. The van der Waals surface area contributed by atoms with E-state index in [4.69, 9.17) is 0 Å². The zero-order valence-electron chi connectivity index (χ0n) is 13.5. The van der Waals surface area contributed by atoms with Crippen LogP contribution >= 0.6 is 11.3 Å². The molecule has 2 aromatic heterocycles. The molecule has 1 atom stereocenters. The highest BCUT2D eigenvalue weighted by Crippen LogP contribution is 2.27. The Bertz CT molecular complexity index is 710. The van der Waals surface area contributed by atoms with Crippen LogP contribution < -0.4 is 10.6 Å². The number of aryl methyl sites for hydroxylation is 2. The second-order valence-electron chi connectivity index (χ2n) is 5.81. The molecule has 1 unspecified atom stereocenters. The van der Waals surface area contributed by atoms with Gasteiger partial charge < -0.3 is 15.5 Å². The molecule has 0 spiro atoms. The minimum absolute atomic E-state index is 0.0289. The summed E-state index contributed by atoms with van der Waals surface area (Å²) < 4.78 is 1.78. The summed E-state index contributed by atoms with van der Waals surface area (Å²) in [5, 5.41) is 11.3. The van der Waals surface area contributed by atoms with E-state index in [0.29, 0.717) is 18.0 Å². The molecule has 1 aliphatic heterocycles. The number of hydrogen-bond acceptors (Lipinski definition) is 5. The van der Waals surface area contributed by atoms with Crippen LogP contribution in [0, 0.1) is 6.92 Å². The molecule has 0 aromatic carbocycles. The molecule has 0 bridgehead atoms. The van der Waals surface area contributed by atoms with E-state index in [9.17, 15) is 9.59 Å². The van der Waals surface area contributed by atoms with E-state index in [2.05, 4.69) is 15.7 Å². The fourth-order valence-corrected chi connectivity index (χ4v) is 3.83. The Morgan fingerprint density at radius 3 is 2.74 bits per heavy atom. The van der Waals surface area contributed by atoms with Crippen molar-refractivity contribution in [3.8, 4) is 0 Å². The lowest BCUT2D eigenvalue weighted by Crippen LogP contribution is -2.53. The van der Waals surface area contributed by atoms with Crippen molar-refractivity contribution in [2.45, 2.75) is 19.9 Å². The Morgan fingerprint density at radius 2 is 2.09 bits per heavy atom. The third kappa shape index (κ3) is 3.09. The lowest BCUT2D eigenvalue weighted by atomic mass is 10.2. The molecule has 7 nitrogen and oxygen atoms in total. The zero-order valence-corrected chi connectivity index (χ0v) is 14.4. The van der Waals surface area contributed by atoms with Crippen molar-refractivity contribution in [1.82, 2.24) is 25.3 Å². The molecule has 1 aliphatic rings. The van der Waals surface area contributed by atoms with Crippen LogP contribution in [0.15, 0.2) is 6.07 Å².